The van der Waals surface area contributed by atoms with Crippen LogP contribution in [0.1, 0.15) is 31.7 Å². The minimum atomic E-state index is 0. The summed E-state index contributed by atoms with van der Waals surface area (Å²) in [6.45, 7) is 3.77. The Hall–Kier alpha value is -0.700. The van der Waals surface area contributed by atoms with Gasteiger partial charge in [0, 0.05) is 24.6 Å². The summed E-state index contributed by atoms with van der Waals surface area (Å²) in [5, 5.41) is 6.62. The summed E-state index contributed by atoms with van der Waals surface area (Å²) in [5.41, 5.74) is 1.08. The van der Waals surface area contributed by atoms with Crippen LogP contribution in [0.25, 0.3) is 0 Å². The number of methoxy groups -OCH3 is 2. The van der Waals surface area contributed by atoms with Gasteiger partial charge in [-0.05, 0) is 24.1 Å². The van der Waals surface area contributed by atoms with Gasteiger partial charge in [-0.15, -0.1) is 24.0 Å². The van der Waals surface area contributed by atoms with E-state index in [1.807, 2.05) is 12.1 Å². The Morgan fingerprint density at radius 2 is 1.78 bits per heavy atom. The van der Waals surface area contributed by atoms with Crippen molar-refractivity contribution in [3.8, 4) is 11.5 Å². The van der Waals surface area contributed by atoms with E-state index in [-0.39, 0.29) is 24.0 Å². The summed E-state index contributed by atoms with van der Waals surface area (Å²) in [7, 11) is 5.04. The van der Waals surface area contributed by atoms with E-state index in [9.17, 15) is 0 Å². The summed E-state index contributed by atoms with van der Waals surface area (Å²) in [4.78, 5) is 4.23. The Balaban J connectivity index is 0.00000484. The number of halogens is 2. The molecule has 0 radical (unpaired) electrons. The van der Waals surface area contributed by atoms with Crippen LogP contribution in [0.3, 0.4) is 0 Å². The lowest BCUT2D eigenvalue weighted by molar-refractivity contribution is 0.354. The Labute approximate surface area is 164 Å². The van der Waals surface area contributed by atoms with E-state index in [4.69, 9.17) is 9.47 Å². The van der Waals surface area contributed by atoms with E-state index in [0.717, 1.165) is 29.0 Å². The van der Waals surface area contributed by atoms with E-state index in [2.05, 4.69) is 38.5 Å². The van der Waals surface area contributed by atoms with Crippen LogP contribution in [0.2, 0.25) is 0 Å². The number of nitrogens with zero attached hydrogens (tertiary/aromatic N) is 1. The van der Waals surface area contributed by atoms with Gasteiger partial charge in [0.2, 0.25) is 0 Å². The highest BCUT2D eigenvalue weighted by Gasteiger charge is 2.10. The number of unbranched alkanes of at least 4 members (excludes halogenated alkanes) is 2. The number of benzene rings is 1. The number of guanidine groups is 1. The van der Waals surface area contributed by atoms with Gasteiger partial charge in [-0.25, -0.2) is 0 Å². The molecule has 7 heteroatoms. The molecule has 0 heterocycles. The second-order valence-corrected chi connectivity index (χ2v) is 5.71. The van der Waals surface area contributed by atoms with E-state index in [1.165, 1.54) is 12.8 Å². The summed E-state index contributed by atoms with van der Waals surface area (Å²) in [6.07, 6.45) is 3.59. The molecule has 0 aliphatic carbocycles. The monoisotopic (exact) mass is 499 g/mol. The maximum atomic E-state index is 5.34. The standard InChI is InChI=1S/C16H26BrN3O2.HI/c1-5-6-7-8-19-16(18-2)20-11-12-9-14(21-3)15(22-4)10-13(12)17;/h9-10H,5-8,11H2,1-4H3,(H2,18,19,20);1H. The van der Waals surface area contributed by atoms with Crippen LogP contribution in [0.15, 0.2) is 21.6 Å². The molecule has 1 aromatic carbocycles. The maximum Gasteiger partial charge on any atom is 0.191 e. The molecule has 0 aromatic heterocycles. The van der Waals surface area contributed by atoms with Gasteiger partial charge in [-0.3, -0.25) is 4.99 Å². The minimum Gasteiger partial charge on any atom is -0.493 e. The second kappa shape index (κ2) is 12.7. The van der Waals surface area contributed by atoms with Gasteiger partial charge in [-0.1, -0.05) is 35.7 Å². The van der Waals surface area contributed by atoms with Crippen LogP contribution in [-0.4, -0.2) is 33.8 Å². The summed E-state index contributed by atoms with van der Waals surface area (Å²) in [6, 6.07) is 3.87. The highest BCUT2D eigenvalue weighted by molar-refractivity contribution is 14.0. The Morgan fingerprint density at radius 3 is 2.35 bits per heavy atom. The van der Waals surface area contributed by atoms with Crippen LogP contribution < -0.4 is 20.1 Å². The predicted molar refractivity (Wildman–Crippen MR) is 110 cm³/mol. The second-order valence-electron chi connectivity index (χ2n) is 4.86. The van der Waals surface area contributed by atoms with Crippen molar-refractivity contribution in [3.63, 3.8) is 0 Å². The van der Waals surface area contributed by atoms with Crippen LogP contribution in [0, 0.1) is 0 Å². The lowest BCUT2D eigenvalue weighted by atomic mass is 10.2. The largest absolute Gasteiger partial charge is 0.493 e. The van der Waals surface area contributed by atoms with Crippen LogP contribution in [0.5, 0.6) is 11.5 Å². The third-order valence-corrected chi connectivity index (χ3v) is 4.03. The third-order valence-electron chi connectivity index (χ3n) is 3.30. The molecule has 1 rings (SSSR count). The number of aliphatic imine (C=N–C) groups is 1. The molecule has 0 spiro atoms. The topological polar surface area (TPSA) is 54.9 Å². The summed E-state index contributed by atoms with van der Waals surface area (Å²) < 4.78 is 11.6. The number of rotatable bonds is 8. The minimum absolute atomic E-state index is 0. The third kappa shape index (κ3) is 7.60. The molecule has 0 aliphatic rings. The normalized spacial score (nSPS) is 10.7. The zero-order valence-corrected chi connectivity index (χ0v) is 18.2. The molecule has 0 saturated heterocycles. The van der Waals surface area contributed by atoms with Crippen LogP contribution in [-0.2, 0) is 6.54 Å². The highest BCUT2D eigenvalue weighted by atomic mass is 127. The number of hydrogen-bond acceptors (Lipinski definition) is 3. The smallest absolute Gasteiger partial charge is 0.191 e. The van der Waals surface area contributed by atoms with Crippen molar-refractivity contribution in [2.75, 3.05) is 27.8 Å². The first-order valence-corrected chi connectivity index (χ1v) is 8.30. The fourth-order valence-corrected chi connectivity index (χ4v) is 2.48. The summed E-state index contributed by atoms with van der Waals surface area (Å²) >= 11 is 3.56. The van der Waals surface area contributed by atoms with Gasteiger partial charge in [0.25, 0.3) is 0 Å². The molecule has 0 atom stereocenters. The van der Waals surface area contributed by atoms with Gasteiger partial charge < -0.3 is 20.1 Å². The fourth-order valence-electron chi connectivity index (χ4n) is 2.01. The zero-order valence-electron chi connectivity index (χ0n) is 14.2. The average molecular weight is 500 g/mol. The van der Waals surface area contributed by atoms with E-state index in [1.54, 1.807) is 21.3 Å². The maximum absolute atomic E-state index is 5.34. The van der Waals surface area contributed by atoms with Crippen molar-refractivity contribution in [3.05, 3.63) is 22.2 Å². The van der Waals surface area contributed by atoms with E-state index >= 15 is 0 Å². The van der Waals surface area contributed by atoms with E-state index in [0.29, 0.717) is 18.0 Å². The SMILES string of the molecule is CCCCCNC(=NC)NCc1cc(OC)c(OC)cc1Br.I. The number of nitrogens with one attached hydrogen (secondary N) is 2. The molecule has 0 amide bonds. The molecule has 1 aromatic rings. The fraction of sp³-hybridized carbons (Fsp3) is 0.562. The molecular formula is C16H27BrIN3O2. The van der Waals surface area contributed by atoms with Crippen LogP contribution >= 0.6 is 39.9 Å². The van der Waals surface area contributed by atoms with Gasteiger partial charge in [0.05, 0.1) is 14.2 Å². The van der Waals surface area contributed by atoms with Crippen molar-refractivity contribution < 1.29 is 9.47 Å². The van der Waals surface area contributed by atoms with Crippen molar-refractivity contribution >= 4 is 45.9 Å². The molecule has 0 bridgehead atoms. The van der Waals surface area contributed by atoms with Gasteiger partial charge in [-0.2, -0.15) is 0 Å². The Morgan fingerprint density at radius 1 is 1.13 bits per heavy atom. The first-order chi connectivity index (χ1) is 10.7. The first kappa shape index (κ1) is 22.3. The molecule has 5 nitrogen and oxygen atoms in total. The Bertz CT molecular complexity index is 498. The van der Waals surface area contributed by atoms with E-state index < -0.39 is 0 Å². The van der Waals surface area contributed by atoms with Crippen molar-refractivity contribution in [1.29, 1.82) is 0 Å². The number of hydrogen-bond donors (Lipinski definition) is 2. The molecule has 0 fully saturated rings. The molecule has 2 N–H and O–H groups in total. The quantitative estimate of drug-likeness (QED) is 0.246. The number of ether oxygens (including phenoxy) is 2. The molecule has 0 saturated carbocycles. The summed E-state index contributed by atoms with van der Waals surface area (Å²) in [5.74, 6) is 2.23. The molecular weight excluding hydrogens is 473 g/mol. The Kier molecular flexibility index (Phi) is 12.3. The zero-order chi connectivity index (χ0) is 16.4. The lowest BCUT2D eigenvalue weighted by Crippen LogP contribution is -2.37. The van der Waals surface area contributed by atoms with Crippen LogP contribution in [0.4, 0.5) is 0 Å². The molecule has 23 heavy (non-hydrogen) atoms. The lowest BCUT2D eigenvalue weighted by Gasteiger charge is -2.15. The average Bonchev–Trinajstić information content (AvgIpc) is 2.54. The van der Waals surface area contributed by atoms with Crippen molar-refractivity contribution in [2.45, 2.75) is 32.7 Å². The van der Waals surface area contributed by atoms with Gasteiger partial charge >= 0.3 is 0 Å². The van der Waals surface area contributed by atoms with Crippen molar-refractivity contribution in [1.82, 2.24) is 10.6 Å². The molecule has 0 unspecified atom stereocenters. The van der Waals surface area contributed by atoms with Crippen molar-refractivity contribution in [2.24, 2.45) is 4.99 Å². The van der Waals surface area contributed by atoms with Gasteiger partial charge in [0.15, 0.2) is 17.5 Å². The molecule has 132 valence electrons. The van der Waals surface area contributed by atoms with Gasteiger partial charge in [0.1, 0.15) is 0 Å². The highest BCUT2D eigenvalue weighted by Crippen LogP contribution is 2.33. The molecule has 0 aliphatic heterocycles. The predicted octanol–water partition coefficient (Wildman–Crippen LogP) is 3.94. The first-order valence-electron chi connectivity index (χ1n) is 7.51.